The number of hydrogen-bond acceptors (Lipinski definition) is 2. The molecule has 1 N–H and O–H groups in total. The fourth-order valence-electron chi connectivity index (χ4n) is 2.59. The Morgan fingerprint density at radius 1 is 1.08 bits per heavy atom. The average molecular weight is 325 g/mol. The number of benzene rings is 2. The van der Waals surface area contributed by atoms with Gasteiger partial charge >= 0.3 is 0 Å². The topological polar surface area (TPSA) is 38.3 Å². The molecule has 0 unspecified atom stereocenters. The van der Waals surface area contributed by atoms with Crippen LogP contribution in [0.25, 0.3) is 0 Å². The monoisotopic (exact) mass is 325 g/mol. The summed E-state index contributed by atoms with van der Waals surface area (Å²) < 4.78 is 5.94. The van der Waals surface area contributed by atoms with Crippen molar-refractivity contribution in [2.24, 2.45) is 0 Å². The van der Waals surface area contributed by atoms with E-state index in [-0.39, 0.29) is 5.91 Å². The molecular formula is C21H27NO2. The number of carbonyl (C=O) groups excluding carboxylic acids is 1. The van der Waals surface area contributed by atoms with E-state index in [4.69, 9.17) is 4.74 Å². The number of rotatable bonds is 8. The maximum atomic E-state index is 12.4. The maximum Gasteiger partial charge on any atom is 0.261 e. The molecule has 128 valence electrons. The Labute approximate surface area is 145 Å². The highest BCUT2D eigenvalue weighted by molar-refractivity contribution is 5.81. The van der Waals surface area contributed by atoms with Crippen LogP contribution in [0.3, 0.4) is 0 Å². The molecule has 1 amide bonds. The summed E-state index contributed by atoms with van der Waals surface area (Å²) in [7, 11) is 0. The standard InChI is InChI=1S/C21H27NO2/c1-4-19(24-20-14-8-10-16(2)17(20)3)21(23)22-15-9-13-18-11-6-5-7-12-18/h5-8,10-12,14,19H,4,9,13,15H2,1-3H3,(H,22,23)/t19-/m1/s1. The highest BCUT2D eigenvalue weighted by Crippen LogP contribution is 2.22. The molecule has 0 saturated heterocycles. The van der Waals surface area contributed by atoms with Gasteiger partial charge in [-0.05, 0) is 55.9 Å². The predicted molar refractivity (Wildman–Crippen MR) is 98.4 cm³/mol. The lowest BCUT2D eigenvalue weighted by Crippen LogP contribution is -2.38. The molecular weight excluding hydrogens is 298 g/mol. The first-order valence-electron chi connectivity index (χ1n) is 8.66. The van der Waals surface area contributed by atoms with Crippen molar-refractivity contribution < 1.29 is 9.53 Å². The lowest BCUT2D eigenvalue weighted by molar-refractivity contribution is -0.128. The Kier molecular flexibility index (Phi) is 6.86. The average Bonchev–Trinajstić information content (AvgIpc) is 2.60. The minimum absolute atomic E-state index is 0.0357. The van der Waals surface area contributed by atoms with E-state index in [1.807, 2.05) is 57.2 Å². The van der Waals surface area contributed by atoms with Gasteiger partial charge in [-0.1, -0.05) is 49.4 Å². The van der Waals surface area contributed by atoms with Crippen molar-refractivity contribution in [2.75, 3.05) is 6.54 Å². The number of aryl methyl sites for hydroxylation is 2. The zero-order valence-corrected chi connectivity index (χ0v) is 14.8. The van der Waals surface area contributed by atoms with Gasteiger partial charge in [0, 0.05) is 6.54 Å². The van der Waals surface area contributed by atoms with Gasteiger partial charge in [0.05, 0.1) is 0 Å². The largest absolute Gasteiger partial charge is 0.480 e. The second-order valence-electron chi connectivity index (χ2n) is 6.09. The van der Waals surface area contributed by atoms with Crippen LogP contribution in [0, 0.1) is 13.8 Å². The van der Waals surface area contributed by atoms with Crippen LogP contribution in [0.4, 0.5) is 0 Å². The first kappa shape index (κ1) is 18.1. The fraction of sp³-hybridized carbons (Fsp3) is 0.381. The third-order valence-electron chi connectivity index (χ3n) is 4.27. The Balaban J connectivity index is 1.82. The highest BCUT2D eigenvalue weighted by atomic mass is 16.5. The van der Waals surface area contributed by atoms with Gasteiger partial charge in [0.15, 0.2) is 6.10 Å². The molecule has 0 radical (unpaired) electrons. The minimum atomic E-state index is -0.442. The molecule has 0 bridgehead atoms. The van der Waals surface area contributed by atoms with E-state index in [2.05, 4.69) is 17.4 Å². The van der Waals surface area contributed by atoms with Gasteiger partial charge in [-0.25, -0.2) is 0 Å². The fourth-order valence-corrected chi connectivity index (χ4v) is 2.59. The van der Waals surface area contributed by atoms with Crippen LogP contribution >= 0.6 is 0 Å². The molecule has 2 rings (SSSR count). The van der Waals surface area contributed by atoms with Crippen molar-refractivity contribution in [1.82, 2.24) is 5.32 Å². The summed E-state index contributed by atoms with van der Waals surface area (Å²) in [6, 6.07) is 16.3. The second-order valence-corrected chi connectivity index (χ2v) is 6.09. The molecule has 2 aromatic carbocycles. The third-order valence-corrected chi connectivity index (χ3v) is 4.27. The van der Waals surface area contributed by atoms with Gasteiger partial charge in [-0.3, -0.25) is 4.79 Å². The van der Waals surface area contributed by atoms with Crippen LogP contribution < -0.4 is 10.1 Å². The number of carbonyl (C=O) groups is 1. The summed E-state index contributed by atoms with van der Waals surface area (Å²) in [6.07, 6.45) is 2.10. The molecule has 3 heteroatoms. The minimum Gasteiger partial charge on any atom is -0.480 e. The number of amides is 1. The van der Waals surface area contributed by atoms with Crippen molar-refractivity contribution in [3.05, 3.63) is 65.2 Å². The van der Waals surface area contributed by atoms with Crippen molar-refractivity contribution >= 4 is 5.91 Å². The van der Waals surface area contributed by atoms with Crippen LogP contribution in [-0.4, -0.2) is 18.6 Å². The molecule has 0 aliphatic rings. The predicted octanol–water partition coefficient (Wildman–Crippen LogP) is 4.21. The summed E-state index contributed by atoms with van der Waals surface area (Å²) in [5.41, 5.74) is 3.56. The highest BCUT2D eigenvalue weighted by Gasteiger charge is 2.18. The quantitative estimate of drug-likeness (QED) is 0.738. The van der Waals surface area contributed by atoms with Crippen molar-refractivity contribution in [3.8, 4) is 5.75 Å². The third kappa shape index (κ3) is 5.12. The Bertz CT molecular complexity index is 652. The van der Waals surface area contributed by atoms with Crippen LogP contribution in [0.2, 0.25) is 0 Å². The van der Waals surface area contributed by atoms with Crippen LogP contribution in [0.1, 0.15) is 36.5 Å². The van der Waals surface area contributed by atoms with E-state index in [1.54, 1.807) is 0 Å². The summed E-state index contributed by atoms with van der Waals surface area (Å²) in [4.78, 5) is 12.4. The smallest absolute Gasteiger partial charge is 0.261 e. The summed E-state index contributed by atoms with van der Waals surface area (Å²) >= 11 is 0. The van der Waals surface area contributed by atoms with E-state index < -0.39 is 6.10 Å². The molecule has 3 nitrogen and oxygen atoms in total. The summed E-state index contributed by atoms with van der Waals surface area (Å²) in [5.74, 6) is 0.757. The molecule has 0 aliphatic heterocycles. The molecule has 24 heavy (non-hydrogen) atoms. The number of nitrogens with one attached hydrogen (secondary N) is 1. The van der Waals surface area contributed by atoms with Gasteiger partial charge in [-0.15, -0.1) is 0 Å². The summed E-state index contributed by atoms with van der Waals surface area (Å²) in [6.45, 7) is 6.71. The number of ether oxygens (including phenoxy) is 1. The van der Waals surface area contributed by atoms with E-state index >= 15 is 0 Å². The maximum absolute atomic E-state index is 12.4. The SMILES string of the molecule is CC[C@@H](Oc1cccc(C)c1C)C(=O)NCCCc1ccccc1. The molecule has 1 atom stereocenters. The normalized spacial score (nSPS) is 11.8. The molecule has 0 aromatic heterocycles. The summed E-state index contributed by atoms with van der Waals surface area (Å²) in [5, 5.41) is 2.99. The Morgan fingerprint density at radius 2 is 1.83 bits per heavy atom. The van der Waals surface area contributed by atoms with Crippen LogP contribution in [0.15, 0.2) is 48.5 Å². The van der Waals surface area contributed by atoms with E-state index in [1.165, 1.54) is 11.1 Å². The van der Waals surface area contributed by atoms with Gasteiger partial charge < -0.3 is 10.1 Å². The lowest BCUT2D eigenvalue weighted by Gasteiger charge is -2.19. The van der Waals surface area contributed by atoms with E-state index in [9.17, 15) is 4.79 Å². The van der Waals surface area contributed by atoms with Crippen molar-refractivity contribution in [3.63, 3.8) is 0 Å². The van der Waals surface area contributed by atoms with E-state index in [0.717, 1.165) is 24.2 Å². The first-order valence-corrected chi connectivity index (χ1v) is 8.66. The molecule has 0 spiro atoms. The zero-order valence-electron chi connectivity index (χ0n) is 14.8. The Morgan fingerprint density at radius 3 is 2.54 bits per heavy atom. The van der Waals surface area contributed by atoms with Gasteiger partial charge in [-0.2, -0.15) is 0 Å². The van der Waals surface area contributed by atoms with Crippen LogP contribution in [0.5, 0.6) is 5.75 Å². The van der Waals surface area contributed by atoms with Gasteiger partial charge in [0.1, 0.15) is 5.75 Å². The van der Waals surface area contributed by atoms with Gasteiger partial charge in [0.25, 0.3) is 5.91 Å². The molecule has 2 aromatic rings. The molecule has 0 fully saturated rings. The van der Waals surface area contributed by atoms with Gasteiger partial charge in [0.2, 0.25) is 0 Å². The first-order chi connectivity index (χ1) is 11.6. The van der Waals surface area contributed by atoms with E-state index in [0.29, 0.717) is 13.0 Å². The zero-order chi connectivity index (χ0) is 17.4. The van der Waals surface area contributed by atoms with Crippen molar-refractivity contribution in [1.29, 1.82) is 0 Å². The Hall–Kier alpha value is -2.29. The number of hydrogen-bond donors (Lipinski definition) is 1. The lowest BCUT2D eigenvalue weighted by atomic mass is 10.1. The van der Waals surface area contributed by atoms with Crippen molar-refractivity contribution in [2.45, 2.75) is 46.1 Å². The molecule has 0 heterocycles. The molecule has 0 saturated carbocycles. The second kappa shape index (κ2) is 9.11. The van der Waals surface area contributed by atoms with Crippen LogP contribution in [-0.2, 0) is 11.2 Å². The molecule has 0 aliphatic carbocycles.